The minimum absolute atomic E-state index is 0.109. The third kappa shape index (κ3) is 5.66. The molecule has 9 nitrogen and oxygen atoms in total. The highest BCUT2D eigenvalue weighted by molar-refractivity contribution is 7.10. The van der Waals surface area contributed by atoms with Crippen molar-refractivity contribution in [3.8, 4) is 22.6 Å². The van der Waals surface area contributed by atoms with E-state index in [1.165, 1.54) is 22.2 Å². The van der Waals surface area contributed by atoms with Crippen molar-refractivity contribution in [2.24, 2.45) is 0 Å². The Morgan fingerprint density at radius 3 is 2.82 bits per heavy atom. The van der Waals surface area contributed by atoms with Crippen LogP contribution in [0.2, 0.25) is 0 Å². The first-order chi connectivity index (χ1) is 16.2. The van der Waals surface area contributed by atoms with Crippen LogP contribution in [0.4, 0.5) is 9.18 Å². The molecule has 1 aromatic carbocycles. The van der Waals surface area contributed by atoms with Crippen LogP contribution in [-0.2, 0) is 17.8 Å². The second kappa shape index (κ2) is 9.72. The smallest absolute Gasteiger partial charge is 0.407 e. The quantitative estimate of drug-likeness (QED) is 0.541. The first-order valence-corrected chi connectivity index (χ1v) is 11.4. The summed E-state index contributed by atoms with van der Waals surface area (Å²) >= 11 is 1.52. The number of hydrogen-bond acceptors (Lipinski definition) is 7. The molecule has 1 N–H and O–H groups in total. The molecular formula is C23H25FN4O5S. The van der Waals surface area contributed by atoms with Gasteiger partial charge in [0.15, 0.2) is 11.5 Å². The standard InChI is InChI=1S/C23H25FN4O5S/c1-23(2,3)26-21(29)31-11-15(8-24)9-28-22(30)27(13-25-28)10-18-6-17(12-34-18)16-4-5-19-20(7-16)33-14-32-19/h4-8,12-13H,9-11,14H2,1-3H3,(H,26,29)/b15-8+. The Labute approximate surface area is 199 Å². The van der Waals surface area contributed by atoms with Crippen molar-refractivity contribution in [1.82, 2.24) is 19.7 Å². The number of carbonyl (C=O) groups is 1. The van der Waals surface area contributed by atoms with E-state index in [0.717, 1.165) is 26.4 Å². The van der Waals surface area contributed by atoms with Crippen LogP contribution in [0.25, 0.3) is 11.1 Å². The maximum absolute atomic E-state index is 13.3. The lowest BCUT2D eigenvalue weighted by Crippen LogP contribution is -2.41. The molecule has 0 radical (unpaired) electrons. The predicted molar refractivity (Wildman–Crippen MR) is 125 cm³/mol. The van der Waals surface area contributed by atoms with E-state index in [4.69, 9.17) is 14.2 Å². The average molecular weight is 489 g/mol. The van der Waals surface area contributed by atoms with E-state index < -0.39 is 17.3 Å². The zero-order valence-corrected chi connectivity index (χ0v) is 19.9. The number of alkyl carbamates (subject to hydrolysis) is 1. The zero-order chi connectivity index (χ0) is 24.3. The molecule has 0 unspecified atom stereocenters. The minimum atomic E-state index is -0.666. The van der Waals surface area contributed by atoms with Gasteiger partial charge in [-0.2, -0.15) is 5.10 Å². The van der Waals surface area contributed by atoms with Crippen molar-refractivity contribution in [1.29, 1.82) is 0 Å². The van der Waals surface area contributed by atoms with E-state index in [1.807, 2.05) is 29.6 Å². The van der Waals surface area contributed by atoms with Crippen LogP contribution in [0.1, 0.15) is 25.6 Å². The Kier molecular flexibility index (Phi) is 6.73. The van der Waals surface area contributed by atoms with E-state index in [0.29, 0.717) is 18.6 Å². The lowest BCUT2D eigenvalue weighted by Gasteiger charge is -2.20. The van der Waals surface area contributed by atoms with Gasteiger partial charge in [-0.1, -0.05) is 6.07 Å². The number of aromatic nitrogens is 3. The summed E-state index contributed by atoms with van der Waals surface area (Å²) in [7, 11) is 0. The fraction of sp³-hybridized carbons (Fsp3) is 0.348. The van der Waals surface area contributed by atoms with Gasteiger partial charge in [0.2, 0.25) is 6.79 Å². The van der Waals surface area contributed by atoms with Gasteiger partial charge in [0.05, 0.1) is 19.4 Å². The van der Waals surface area contributed by atoms with Crippen LogP contribution in [0, 0.1) is 0 Å². The molecule has 1 aliphatic rings. The molecule has 180 valence electrons. The molecule has 0 bridgehead atoms. The van der Waals surface area contributed by atoms with E-state index in [1.54, 1.807) is 20.8 Å². The summed E-state index contributed by atoms with van der Waals surface area (Å²) in [6.07, 6.45) is 1.07. The fourth-order valence-electron chi connectivity index (χ4n) is 3.25. The van der Waals surface area contributed by atoms with Crippen molar-refractivity contribution in [2.45, 2.75) is 39.4 Å². The third-order valence-electron chi connectivity index (χ3n) is 4.86. The summed E-state index contributed by atoms with van der Waals surface area (Å²) in [5.41, 5.74) is 1.24. The second-order valence-corrected chi connectivity index (χ2v) is 9.78. The number of rotatable bonds is 7. The van der Waals surface area contributed by atoms with E-state index in [-0.39, 0.29) is 25.5 Å². The molecule has 0 saturated heterocycles. The van der Waals surface area contributed by atoms with E-state index >= 15 is 0 Å². The van der Waals surface area contributed by atoms with Crippen molar-refractivity contribution in [3.63, 3.8) is 0 Å². The number of amides is 1. The summed E-state index contributed by atoms with van der Waals surface area (Å²) in [6, 6.07) is 7.75. The lowest BCUT2D eigenvalue weighted by molar-refractivity contribution is 0.145. The molecular weight excluding hydrogens is 463 g/mol. The largest absolute Gasteiger partial charge is 0.454 e. The van der Waals surface area contributed by atoms with Crippen molar-refractivity contribution >= 4 is 17.4 Å². The summed E-state index contributed by atoms with van der Waals surface area (Å²) in [5.74, 6) is 1.43. The predicted octanol–water partition coefficient (Wildman–Crippen LogP) is 3.93. The maximum atomic E-state index is 13.3. The normalized spacial score (nSPS) is 13.2. The van der Waals surface area contributed by atoms with Gasteiger partial charge in [0.1, 0.15) is 12.9 Å². The highest BCUT2D eigenvalue weighted by Crippen LogP contribution is 2.37. The van der Waals surface area contributed by atoms with Gasteiger partial charge >= 0.3 is 11.8 Å². The summed E-state index contributed by atoms with van der Waals surface area (Å²) < 4.78 is 31.7. The Bertz CT molecular complexity index is 1270. The summed E-state index contributed by atoms with van der Waals surface area (Å²) in [6.45, 7) is 5.54. The SMILES string of the molecule is CC(C)(C)NC(=O)OC/C(=C/F)Cn1ncn(Cc2cc(-c3ccc4c(c3)OCO4)cs2)c1=O. The Morgan fingerprint density at radius 1 is 1.26 bits per heavy atom. The number of carbonyl (C=O) groups excluding carboxylic acids is 1. The van der Waals surface area contributed by atoms with Crippen LogP contribution < -0.4 is 20.5 Å². The Hall–Kier alpha value is -3.60. The van der Waals surface area contributed by atoms with Gasteiger partial charge in [-0.25, -0.2) is 18.7 Å². The van der Waals surface area contributed by atoms with Crippen LogP contribution in [0.15, 0.2) is 52.7 Å². The first-order valence-electron chi connectivity index (χ1n) is 10.5. The number of nitrogens with one attached hydrogen (secondary N) is 1. The van der Waals surface area contributed by atoms with Crippen LogP contribution in [0.3, 0.4) is 0 Å². The van der Waals surface area contributed by atoms with Gasteiger partial charge < -0.3 is 19.5 Å². The number of ether oxygens (including phenoxy) is 3. The van der Waals surface area contributed by atoms with Gasteiger partial charge in [-0.15, -0.1) is 11.3 Å². The van der Waals surface area contributed by atoms with Gasteiger partial charge in [-0.3, -0.25) is 4.57 Å². The van der Waals surface area contributed by atoms with Crippen LogP contribution in [0.5, 0.6) is 11.5 Å². The number of halogens is 1. The van der Waals surface area contributed by atoms with Gasteiger partial charge in [0, 0.05) is 16.0 Å². The molecule has 4 rings (SSSR count). The molecule has 0 spiro atoms. The number of thiophene rings is 1. The van der Waals surface area contributed by atoms with Gasteiger partial charge in [0.25, 0.3) is 0 Å². The Balaban J connectivity index is 1.38. The van der Waals surface area contributed by atoms with E-state index in [9.17, 15) is 14.0 Å². The summed E-state index contributed by atoms with van der Waals surface area (Å²) in [4.78, 5) is 25.5. The zero-order valence-electron chi connectivity index (χ0n) is 19.0. The van der Waals surface area contributed by atoms with Crippen molar-refractivity contribution in [2.75, 3.05) is 13.4 Å². The van der Waals surface area contributed by atoms with Crippen molar-refractivity contribution < 1.29 is 23.4 Å². The lowest BCUT2D eigenvalue weighted by atomic mass is 10.1. The highest BCUT2D eigenvalue weighted by atomic mass is 32.1. The number of hydrogen-bond donors (Lipinski definition) is 1. The summed E-state index contributed by atoms with van der Waals surface area (Å²) in [5, 5.41) is 8.69. The molecule has 34 heavy (non-hydrogen) atoms. The monoisotopic (exact) mass is 488 g/mol. The maximum Gasteiger partial charge on any atom is 0.407 e. The minimum Gasteiger partial charge on any atom is -0.454 e. The van der Waals surface area contributed by atoms with Crippen LogP contribution >= 0.6 is 11.3 Å². The molecule has 0 aliphatic carbocycles. The molecule has 1 amide bonds. The molecule has 0 saturated carbocycles. The first kappa shape index (κ1) is 23.6. The second-order valence-electron chi connectivity index (χ2n) is 8.79. The highest BCUT2D eigenvalue weighted by Gasteiger charge is 2.17. The molecule has 3 aromatic rings. The molecule has 11 heteroatoms. The molecule has 1 aliphatic heterocycles. The van der Waals surface area contributed by atoms with Crippen LogP contribution in [-0.4, -0.2) is 39.4 Å². The Morgan fingerprint density at radius 2 is 2.06 bits per heavy atom. The fourth-order valence-corrected chi connectivity index (χ4v) is 4.14. The van der Waals surface area contributed by atoms with Gasteiger partial charge in [-0.05, 0) is 55.5 Å². The average Bonchev–Trinajstić information content (AvgIpc) is 3.51. The molecule has 0 atom stereocenters. The number of fused-ring (bicyclic) bond motifs is 1. The number of benzene rings is 1. The molecule has 3 heterocycles. The molecule has 0 fully saturated rings. The topological polar surface area (TPSA) is 96.6 Å². The van der Waals surface area contributed by atoms with E-state index in [2.05, 4.69) is 10.4 Å². The third-order valence-corrected chi connectivity index (χ3v) is 5.78. The number of nitrogens with zero attached hydrogens (tertiary/aromatic N) is 3. The van der Waals surface area contributed by atoms with Crippen molar-refractivity contribution in [3.05, 3.63) is 63.2 Å². The molecule has 2 aromatic heterocycles.